The first-order valence-electron chi connectivity index (χ1n) is 7.07. The van der Waals surface area contributed by atoms with E-state index in [4.69, 9.17) is 4.98 Å². The van der Waals surface area contributed by atoms with E-state index < -0.39 is 0 Å². The van der Waals surface area contributed by atoms with E-state index in [1.54, 1.807) is 24.8 Å². The largest absolute Gasteiger partial charge is 0.265 e. The second-order valence-electron chi connectivity index (χ2n) is 5.30. The Morgan fingerprint density at radius 2 is 1.14 bits per heavy atom. The maximum Gasteiger partial charge on any atom is 0.0713 e. The molecule has 0 aliphatic heterocycles. The molecule has 0 bridgehead atoms. The van der Waals surface area contributed by atoms with Crippen LogP contribution in [0.25, 0.3) is 22.5 Å². The number of hydrogen-bond acceptors (Lipinski definition) is 3. The molecule has 3 heterocycles. The van der Waals surface area contributed by atoms with Crippen molar-refractivity contribution in [3.63, 3.8) is 0 Å². The summed E-state index contributed by atoms with van der Waals surface area (Å²) in [6.07, 6.45) is 7.19. The zero-order valence-electron chi connectivity index (χ0n) is 12.2. The van der Waals surface area contributed by atoms with Gasteiger partial charge in [-0.2, -0.15) is 0 Å². The van der Waals surface area contributed by atoms with E-state index in [0.29, 0.717) is 5.92 Å². The highest BCUT2D eigenvalue weighted by molar-refractivity contribution is 5.67. The van der Waals surface area contributed by atoms with E-state index in [1.165, 1.54) is 5.56 Å². The van der Waals surface area contributed by atoms with Gasteiger partial charge in [0.1, 0.15) is 0 Å². The Hall–Kier alpha value is -2.55. The molecule has 0 aliphatic carbocycles. The lowest BCUT2D eigenvalue weighted by Crippen LogP contribution is -1.95. The molecule has 0 radical (unpaired) electrons. The van der Waals surface area contributed by atoms with Crippen LogP contribution in [0.5, 0.6) is 0 Å². The van der Waals surface area contributed by atoms with Gasteiger partial charge in [-0.05, 0) is 47.9 Å². The van der Waals surface area contributed by atoms with Crippen LogP contribution >= 0.6 is 0 Å². The average molecular weight is 275 g/mol. The summed E-state index contributed by atoms with van der Waals surface area (Å²) in [7, 11) is 0. The molecule has 0 amide bonds. The lowest BCUT2D eigenvalue weighted by atomic mass is 9.99. The quantitative estimate of drug-likeness (QED) is 0.714. The van der Waals surface area contributed by atoms with Crippen molar-refractivity contribution in [2.45, 2.75) is 19.8 Å². The van der Waals surface area contributed by atoms with Crippen molar-refractivity contribution in [2.24, 2.45) is 0 Å². The van der Waals surface area contributed by atoms with Gasteiger partial charge in [0.25, 0.3) is 0 Å². The van der Waals surface area contributed by atoms with Crippen molar-refractivity contribution in [2.75, 3.05) is 0 Å². The molecule has 0 fully saturated rings. The fourth-order valence-corrected chi connectivity index (χ4v) is 2.23. The number of nitrogens with zero attached hydrogens (tertiary/aromatic N) is 3. The molecule has 0 saturated heterocycles. The lowest BCUT2D eigenvalue weighted by Gasteiger charge is -2.11. The van der Waals surface area contributed by atoms with Gasteiger partial charge in [-0.25, -0.2) is 4.98 Å². The van der Waals surface area contributed by atoms with Crippen molar-refractivity contribution in [3.05, 3.63) is 66.7 Å². The topological polar surface area (TPSA) is 38.7 Å². The second kappa shape index (κ2) is 5.83. The molecule has 3 heteroatoms. The maximum atomic E-state index is 4.80. The summed E-state index contributed by atoms with van der Waals surface area (Å²) < 4.78 is 0. The van der Waals surface area contributed by atoms with Crippen LogP contribution in [0.15, 0.2) is 61.2 Å². The smallest absolute Gasteiger partial charge is 0.0713 e. The van der Waals surface area contributed by atoms with Gasteiger partial charge in [-0.1, -0.05) is 13.8 Å². The van der Waals surface area contributed by atoms with E-state index in [2.05, 4.69) is 35.9 Å². The third kappa shape index (κ3) is 2.97. The Morgan fingerprint density at radius 3 is 1.52 bits per heavy atom. The van der Waals surface area contributed by atoms with E-state index in [1.807, 2.05) is 24.3 Å². The molecule has 0 aliphatic rings. The highest BCUT2D eigenvalue weighted by Crippen LogP contribution is 2.27. The predicted octanol–water partition coefficient (Wildman–Crippen LogP) is 4.33. The van der Waals surface area contributed by atoms with Crippen LogP contribution in [0.2, 0.25) is 0 Å². The fraction of sp³-hybridized carbons (Fsp3) is 0.167. The molecule has 104 valence electrons. The van der Waals surface area contributed by atoms with Gasteiger partial charge < -0.3 is 0 Å². The van der Waals surface area contributed by atoms with Crippen LogP contribution in [-0.2, 0) is 0 Å². The molecule has 3 aromatic rings. The monoisotopic (exact) mass is 275 g/mol. The van der Waals surface area contributed by atoms with Crippen molar-refractivity contribution in [3.8, 4) is 22.5 Å². The average Bonchev–Trinajstić information content (AvgIpc) is 2.56. The van der Waals surface area contributed by atoms with Gasteiger partial charge in [-0.15, -0.1) is 0 Å². The molecule has 0 atom stereocenters. The lowest BCUT2D eigenvalue weighted by molar-refractivity contribution is 0.864. The first kappa shape index (κ1) is 13.4. The summed E-state index contributed by atoms with van der Waals surface area (Å²) in [6.45, 7) is 4.39. The number of aromatic nitrogens is 3. The van der Waals surface area contributed by atoms with E-state index in [9.17, 15) is 0 Å². The summed E-state index contributed by atoms with van der Waals surface area (Å²) in [5.41, 5.74) is 5.42. The minimum absolute atomic E-state index is 0.453. The number of hydrogen-bond donors (Lipinski definition) is 0. The molecular formula is C18H17N3. The van der Waals surface area contributed by atoms with Crippen LogP contribution in [-0.4, -0.2) is 15.0 Å². The van der Waals surface area contributed by atoms with Crippen LogP contribution in [0.1, 0.15) is 25.3 Å². The summed E-state index contributed by atoms with van der Waals surface area (Å²) in [5, 5.41) is 0. The van der Waals surface area contributed by atoms with Crippen molar-refractivity contribution >= 4 is 0 Å². The van der Waals surface area contributed by atoms with E-state index >= 15 is 0 Å². The summed E-state index contributed by atoms with van der Waals surface area (Å²) in [5.74, 6) is 0.453. The summed E-state index contributed by atoms with van der Waals surface area (Å²) >= 11 is 0. The van der Waals surface area contributed by atoms with Crippen LogP contribution in [0, 0.1) is 0 Å². The minimum atomic E-state index is 0.453. The third-order valence-corrected chi connectivity index (χ3v) is 3.47. The minimum Gasteiger partial charge on any atom is -0.265 e. The number of rotatable bonds is 3. The Morgan fingerprint density at radius 1 is 0.714 bits per heavy atom. The fourth-order valence-electron chi connectivity index (χ4n) is 2.23. The van der Waals surface area contributed by atoms with Crippen LogP contribution < -0.4 is 0 Å². The summed E-state index contributed by atoms with van der Waals surface area (Å²) in [6, 6.07) is 12.3. The molecular weight excluding hydrogens is 258 g/mol. The SMILES string of the molecule is CC(C)c1cc(-c2ccncc2)nc(-c2ccncc2)c1. The van der Waals surface area contributed by atoms with Crippen molar-refractivity contribution < 1.29 is 0 Å². The standard InChI is InChI=1S/C18H17N3/c1-13(2)16-11-17(14-3-7-19-8-4-14)21-18(12-16)15-5-9-20-10-6-15/h3-13H,1-2H3. The van der Waals surface area contributed by atoms with E-state index in [0.717, 1.165) is 22.5 Å². The zero-order valence-corrected chi connectivity index (χ0v) is 12.2. The summed E-state index contributed by atoms with van der Waals surface area (Å²) in [4.78, 5) is 12.9. The first-order valence-corrected chi connectivity index (χ1v) is 7.07. The molecule has 0 aromatic carbocycles. The normalized spacial score (nSPS) is 10.8. The zero-order chi connectivity index (χ0) is 14.7. The Kier molecular flexibility index (Phi) is 3.73. The maximum absolute atomic E-state index is 4.80. The predicted molar refractivity (Wildman–Crippen MR) is 84.8 cm³/mol. The van der Waals surface area contributed by atoms with E-state index in [-0.39, 0.29) is 0 Å². The third-order valence-electron chi connectivity index (χ3n) is 3.47. The first-order chi connectivity index (χ1) is 10.2. The van der Waals surface area contributed by atoms with Gasteiger partial charge in [0, 0.05) is 35.9 Å². The molecule has 3 rings (SSSR count). The van der Waals surface area contributed by atoms with Gasteiger partial charge in [0.2, 0.25) is 0 Å². The van der Waals surface area contributed by atoms with Gasteiger partial charge in [0.15, 0.2) is 0 Å². The second-order valence-corrected chi connectivity index (χ2v) is 5.30. The Bertz CT molecular complexity index is 664. The Balaban J connectivity index is 2.16. The molecule has 3 nitrogen and oxygen atoms in total. The highest BCUT2D eigenvalue weighted by atomic mass is 14.7. The number of pyridine rings is 3. The van der Waals surface area contributed by atoms with Crippen LogP contribution in [0.4, 0.5) is 0 Å². The van der Waals surface area contributed by atoms with Gasteiger partial charge in [0.05, 0.1) is 11.4 Å². The molecule has 0 saturated carbocycles. The molecule has 0 unspecified atom stereocenters. The molecule has 0 N–H and O–H groups in total. The molecule has 21 heavy (non-hydrogen) atoms. The Labute approximate surface area is 124 Å². The molecule has 3 aromatic heterocycles. The van der Waals surface area contributed by atoms with Gasteiger partial charge in [-0.3, -0.25) is 9.97 Å². The van der Waals surface area contributed by atoms with Crippen molar-refractivity contribution in [1.29, 1.82) is 0 Å². The molecule has 0 spiro atoms. The van der Waals surface area contributed by atoms with Crippen LogP contribution in [0.3, 0.4) is 0 Å². The van der Waals surface area contributed by atoms with Gasteiger partial charge >= 0.3 is 0 Å². The van der Waals surface area contributed by atoms with Crippen molar-refractivity contribution in [1.82, 2.24) is 15.0 Å². The highest BCUT2D eigenvalue weighted by Gasteiger charge is 2.09.